The molecule has 1 saturated heterocycles. The number of morpholine rings is 1. The molecular formula is C14H20ClNO3S. The van der Waals surface area contributed by atoms with Crippen molar-refractivity contribution in [2.45, 2.75) is 37.4 Å². The van der Waals surface area contributed by atoms with Gasteiger partial charge in [0.25, 0.3) is 0 Å². The lowest BCUT2D eigenvalue weighted by Gasteiger charge is -2.34. The van der Waals surface area contributed by atoms with Crippen molar-refractivity contribution in [3.8, 4) is 0 Å². The van der Waals surface area contributed by atoms with Gasteiger partial charge in [0.1, 0.15) is 0 Å². The standard InChI is InChI=1S/C14H20ClNO3S/c1-11-9-16(10-12(2)19-11)20(17,18)14-5-3-13(4-6-14)7-8-15/h3-6,11-12H,7-10H2,1-2H3/t11-,12+. The summed E-state index contributed by atoms with van der Waals surface area (Å²) in [7, 11) is -3.44. The predicted octanol–water partition coefficient (Wildman–Crippen LogP) is 2.27. The molecule has 6 heteroatoms. The van der Waals surface area contributed by atoms with E-state index in [9.17, 15) is 8.42 Å². The lowest BCUT2D eigenvalue weighted by Crippen LogP contribution is -2.48. The number of sulfonamides is 1. The van der Waals surface area contributed by atoms with Gasteiger partial charge in [0, 0.05) is 19.0 Å². The van der Waals surface area contributed by atoms with Crippen molar-refractivity contribution in [3.63, 3.8) is 0 Å². The highest BCUT2D eigenvalue weighted by Crippen LogP contribution is 2.21. The van der Waals surface area contributed by atoms with Gasteiger partial charge in [0.05, 0.1) is 17.1 Å². The van der Waals surface area contributed by atoms with Gasteiger partial charge in [-0.15, -0.1) is 11.6 Å². The molecule has 0 radical (unpaired) electrons. The Kier molecular flexibility index (Phi) is 5.07. The third-order valence-electron chi connectivity index (χ3n) is 3.33. The number of benzene rings is 1. The lowest BCUT2D eigenvalue weighted by molar-refractivity contribution is -0.0440. The molecule has 0 aliphatic carbocycles. The first-order chi connectivity index (χ1) is 9.43. The summed E-state index contributed by atoms with van der Waals surface area (Å²) < 4.78 is 32.3. The third kappa shape index (κ3) is 3.52. The number of aryl methyl sites for hydroxylation is 1. The van der Waals surface area contributed by atoms with Crippen molar-refractivity contribution in [2.75, 3.05) is 19.0 Å². The molecule has 1 aromatic carbocycles. The monoisotopic (exact) mass is 317 g/mol. The number of nitrogens with zero attached hydrogens (tertiary/aromatic N) is 1. The van der Waals surface area contributed by atoms with E-state index in [4.69, 9.17) is 16.3 Å². The Balaban J connectivity index is 2.21. The smallest absolute Gasteiger partial charge is 0.243 e. The van der Waals surface area contributed by atoms with Crippen LogP contribution in [-0.4, -0.2) is 43.9 Å². The minimum Gasteiger partial charge on any atom is -0.373 e. The van der Waals surface area contributed by atoms with Gasteiger partial charge in [-0.3, -0.25) is 0 Å². The highest BCUT2D eigenvalue weighted by molar-refractivity contribution is 7.89. The van der Waals surface area contributed by atoms with E-state index in [0.717, 1.165) is 12.0 Å². The van der Waals surface area contributed by atoms with Crippen LogP contribution in [-0.2, 0) is 21.2 Å². The van der Waals surface area contributed by atoms with E-state index in [-0.39, 0.29) is 12.2 Å². The van der Waals surface area contributed by atoms with E-state index < -0.39 is 10.0 Å². The highest BCUT2D eigenvalue weighted by Gasteiger charge is 2.31. The van der Waals surface area contributed by atoms with Gasteiger partial charge in [-0.1, -0.05) is 12.1 Å². The molecule has 1 heterocycles. The van der Waals surface area contributed by atoms with Gasteiger partial charge in [0.15, 0.2) is 0 Å². The molecule has 2 rings (SSSR count). The average Bonchev–Trinajstić information content (AvgIpc) is 2.38. The molecule has 0 bridgehead atoms. The largest absolute Gasteiger partial charge is 0.373 e. The Hall–Kier alpha value is -0.620. The van der Waals surface area contributed by atoms with Gasteiger partial charge in [-0.2, -0.15) is 4.31 Å². The second-order valence-corrected chi connectivity index (χ2v) is 7.48. The van der Waals surface area contributed by atoms with Gasteiger partial charge in [0.2, 0.25) is 10.0 Å². The SMILES string of the molecule is C[C@@H]1CN(S(=O)(=O)c2ccc(CCCl)cc2)C[C@H](C)O1. The van der Waals surface area contributed by atoms with Crippen molar-refractivity contribution in [1.29, 1.82) is 0 Å². The zero-order valence-electron chi connectivity index (χ0n) is 11.8. The van der Waals surface area contributed by atoms with Crippen molar-refractivity contribution in [1.82, 2.24) is 4.31 Å². The van der Waals surface area contributed by atoms with Crippen molar-refractivity contribution >= 4 is 21.6 Å². The molecule has 112 valence electrons. The molecule has 1 fully saturated rings. The normalized spacial score (nSPS) is 24.8. The maximum absolute atomic E-state index is 12.6. The molecule has 0 aromatic heterocycles. The Labute approximate surface area is 125 Å². The highest BCUT2D eigenvalue weighted by atomic mass is 35.5. The summed E-state index contributed by atoms with van der Waals surface area (Å²) in [5.41, 5.74) is 1.04. The van der Waals surface area contributed by atoms with E-state index in [1.807, 2.05) is 26.0 Å². The number of hydrogen-bond donors (Lipinski definition) is 0. The Morgan fingerprint density at radius 3 is 2.25 bits per heavy atom. The van der Waals surface area contributed by atoms with E-state index in [2.05, 4.69) is 0 Å². The summed E-state index contributed by atoms with van der Waals surface area (Å²) in [4.78, 5) is 0.331. The average molecular weight is 318 g/mol. The van der Waals surface area contributed by atoms with Crippen LogP contribution in [0.3, 0.4) is 0 Å². The van der Waals surface area contributed by atoms with E-state index in [1.54, 1.807) is 12.1 Å². The van der Waals surface area contributed by atoms with Crippen molar-refractivity contribution in [3.05, 3.63) is 29.8 Å². The minimum atomic E-state index is -3.44. The van der Waals surface area contributed by atoms with Crippen molar-refractivity contribution in [2.24, 2.45) is 0 Å². The fraction of sp³-hybridized carbons (Fsp3) is 0.571. The molecule has 0 unspecified atom stereocenters. The molecule has 2 atom stereocenters. The fourth-order valence-electron chi connectivity index (χ4n) is 2.41. The Bertz CT molecular complexity index is 534. The van der Waals surface area contributed by atoms with Crippen LogP contribution in [0, 0.1) is 0 Å². The van der Waals surface area contributed by atoms with E-state index in [0.29, 0.717) is 23.9 Å². The van der Waals surface area contributed by atoms with Crippen LogP contribution in [0.15, 0.2) is 29.2 Å². The lowest BCUT2D eigenvalue weighted by atomic mass is 10.2. The van der Waals surface area contributed by atoms with Gasteiger partial charge < -0.3 is 4.74 Å². The number of rotatable bonds is 4. The third-order valence-corrected chi connectivity index (χ3v) is 5.37. The number of halogens is 1. The molecule has 0 spiro atoms. The van der Waals surface area contributed by atoms with Gasteiger partial charge >= 0.3 is 0 Å². The van der Waals surface area contributed by atoms with Crippen molar-refractivity contribution < 1.29 is 13.2 Å². The summed E-state index contributed by atoms with van der Waals surface area (Å²) in [6.07, 6.45) is 0.584. The Morgan fingerprint density at radius 2 is 1.75 bits per heavy atom. The summed E-state index contributed by atoms with van der Waals surface area (Å²) in [6.45, 7) is 4.58. The zero-order chi connectivity index (χ0) is 14.8. The molecule has 0 N–H and O–H groups in total. The number of alkyl halides is 1. The van der Waals surface area contributed by atoms with Crippen LogP contribution in [0.1, 0.15) is 19.4 Å². The predicted molar refractivity (Wildman–Crippen MR) is 79.6 cm³/mol. The second kappa shape index (κ2) is 6.43. The molecule has 1 aliphatic rings. The van der Waals surface area contributed by atoms with E-state index in [1.165, 1.54) is 4.31 Å². The summed E-state index contributed by atoms with van der Waals surface area (Å²) in [6, 6.07) is 6.95. The first-order valence-corrected chi connectivity index (χ1v) is 8.71. The van der Waals surface area contributed by atoms with Crippen LogP contribution in [0.4, 0.5) is 0 Å². The van der Waals surface area contributed by atoms with Crippen LogP contribution >= 0.6 is 11.6 Å². The molecular weight excluding hydrogens is 298 g/mol. The maximum Gasteiger partial charge on any atom is 0.243 e. The second-order valence-electron chi connectivity index (χ2n) is 5.16. The summed E-state index contributed by atoms with van der Waals surface area (Å²) in [5, 5.41) is 0. The fourth-order valence-corrected chi connectivity index (χ4v) is 4.22. The molecule has 0 amide bonds. The molecule has 1 aromatic rings. The van der Waals surface area contributed by atoms with Crippen LogP contribution in [0.2, 0.25) is 0 Å². The number of ether oxygens (including phenoxy) is 1. The first-order valence-electron chi connectivity index (χ1n) is 6.74. The summed E-state index contributed by atoms with van der Waals surface area (Å²) in [5.74, 6) is 0.532. The molecule has 0 saturated carbocycles. The van der Waals surface area contributed by atoms with Gasteiger partial charge in [-0.05, 0) is 38.0 Å². The minimum absolute atomic E-state index is 0.0796. The van der Waals surface area contributed by atoms with Crippen LogP contribution in [0.5, 0.6) is 0 Å². The topological polar surface area (TPSA) is 46.6 Å². The molecule has 1 aliphatic heterocycles. The summed E-state index contributed by atoms with van der Waals surface area (Å²) >= 11 is 5.68. The Morgan fingerprint density at radius 1 is 1.20 bits per heavy atom. The number of hydrogen-bond acceptors (Lipinski definition) is 3. The molecule has 20 heavy (non-hydrogen) atoms. The maximum atomic E-state index is 12.6. The first kappa shape index (κ1) is 15.8. The van der Waals surface area contributed by atoms with Crippen LogP contribution in [0.25, 0.3) is 0 Å². The zero-order valence-corrected chi connectivity index (χ0v) is 13.3. The van der Waals surface area contributed by atoms with Gasteiger partial charge in [-0.25, -0.2) is 8.42 Å². The quantitative estimate of drug-likeness (QED) is 0.800. The van der Waals surface area contributed by atoms with E-state index >= 15 is 0 Å². The van der Waals surface area contributed by atoms with Crippen LogP contribution < -0.4 is 0 Å². The molecule has 4 nitrogen and oxygen atoms in total.